The molecule has 0 aliphatic heterocycles. The normalized spacial score (nSPS) is 18.9. The third-order valence-electron chi connectivity index (χ3n) is 1.11. The molecule has 0 fully saturated rings. The first-order chi connectivity index (χ1) is 3.18. The minimum atomic E-state index is 0.144. The fourth-order valence-corrected chi connectivity index (χ4v) is 0.215. The van der Waals surface area contributed by atoms with Gasteiger partial charge >= 0.3 is 0 Å². The molecule has 0 amide bonds. The van der Waals surface area contributed by atoms with Crippen LogP contribution in [0.25, 0.3) is 0 Å². The quantitative estimate of drug-likeness (QED) is 0.548. The highest BCUT2D eigenvalue weighted by molar-refractivity contribution is 4.60. The number of ether oxygens (including phenoxy) is 1. The number of hydrogen-bond donors (Lipinski definition) is 1. The topological polar surface area (TPSA) is 35.2 Å². The van der Waals surface area contributed by atoms with Crippen molar-refractivity contribution in [2.75, 3.05) is 7.11 Å². The Morgan fingerprint density at radius 2 is 1.86 bits per heavy atom. The first-order valence-electron chi connectivity index (χ1n) is 2.47. The van der Waals surface area contributed by atoms with Crippen LogP contribution < -0.4 is 5.73 Å². The average molecular weight is 103 g/mol. The Balaban J connectivity index is 3.14. The van der Waals surface area contributed by atoms with E-state index in [1.807, 2.05) is 13.8 Å². The molecule has 2 N–H and O–H groups in total. The lowest BCUT2D eigenvalue weighted by molar-refractivity contribution is 0.101. The van der Waals surface area contributed by atoms with Gasteiger partial charge in [-0.05, 0) is 13.8 Å². The minimum absolute atomic E-state index is 0.144. The van der Waals surface area contributed by atoms with E-state index in [-0.39, 0.29) is 12.1 Å². The Hall–Kier alpha value is -0.0800. The van der Waals surface area contributed by atoms with Crippen molar-refractivity contribution in [3.05, 3.63) is 0 Å². The monoisotopic (exact) mass is 103 g/mol. The lowest BCUT2D eigenvalue weighted by atomic mass is 10.2. The van der Waals surface area contributed by atoms with Gasteiger partial charge in [-0.3, -0.25) is 0 Å². The molecule has 0 spiro atoms. The van der Waals surface area contributed by atoms with Crippen LogP contribution in [0.4, 0.5) is 0 Å². The largest absolute Gasteiger partial charge is 0.380 e. The van der Waals surface area contributed by atoms with Crippen molar-refractivity contribution in [2.24, 2.45) is 5.73 Å². The lowest BCUT2D eigenvalue weighted by Gasteiger charge is -2.11. The highest BCUT2D eigenvalue weighted by atomic mass is 16.5. The molecule has 0 aromatic heterocycles. The molecular weight excluding hydrogens is 90.1 g/mol. The van der Waals surface area contributed by atoms with Gasteiger partial charge in [0, 0.05) is 13.2 Å². The zero-order chi connectivity index (χ0) is 5.86. The highest BCUT2D eigenvalue weighted by Gasteiger charge is 2.02. The van der Waals surface area contributed by atoms with E-state index in [1.165, 1.54) is 0 Å². The number of hydrogen-bond acceptors (Lipinski definition) is 2. The summed E-state index contributed by atoms with van der Waals surface area (Å²) in [5.41, 5.74) is 5.42. The smallest absolute Gasteiger partial charge is 0.0691 e. The fourth-order valence-electron chi connectivity index (χ4n) is 0.215. The molecule has 0 saturated carbocycles. The SMILES string of the molecule is COC(C)[C@@H](C)N. The second-order valence-corrected chi connectivity index (χ2v) is 1.80. The highest BCUT2D eigenvalue weighted by Crippen LogP contribution is 1.89. The molecule has 1 unspecified atom stereocenters. The third kappa shape index (κ3) is 2.60. The molecule has 0 aliphatic rings. The van der Waals surface area contributed by atoms with Crippen molar-refractivity contribution >= 4 is 0 Å². The van der Waals surface area contributed by atoms with Crippen LogP contribution in [0.3, 0.4) is 0 Å². The van der Waals surface area contributed by atoms with Gasteiger partial charge in [-0.1, -0.05) is 0 Å². The fraction of sp³-hybridized carbons (Fsp3) is 1.00. The molecule has 0 bridgehead atoms. The van der Waals surface area contributed by atoms with E-state index in [1.54, 1.807) is 7.11 Å². The van der Waals surface area contributed by atoms with E-state index in [2.05, 4.69) is 0 Å². The van der Waals surface area contributed by atoms with E-state index in [4.69, 9.17) is 10.5 Å². The first-order valence-corrected chi connectivity index (χ1v) is 2.47. The van der Waals surface area contributed by atoms with E-state index in [9.17, 15) is 0 Å². The molecule has 2 atom stereocenters. The maximum Gasteiger partial charge on any atom is 0.0691 e. The summed E-state index contributed by atoms with van der Waals surface area (Å²) in [6, 6.07) is 0.144. The Morgan fingerprint density at radius 1 is 1.43 bits per heavy atom. The van der Waals surface area contributed by atoms with Gasteiger partial charge in [-0.2, -0.15) is 0 Å². The van der Waals surface area contributed by atoms with Crippen molar-refractivity contribution in [3.63, 3.8) is 0 Å². The Labute approximate surface area is 44.7 Å². The zero-order valence-corrected chi connectivity index (χ0v) is 5.14. The molecule has 2 nitrogen and oxygen atoms in total. The number of rotatable bonds is 2. The van der Waals surface area contributed by atoms with Gasteiger partial charge in [0.15, 0.2) is 0 Å². The predicted molar refractivity (Wildman–Crippen MR) is 30.1 cm³/mol. The molecule has 0 radical (unpaired) electrons. The van der Waals surface area contributed by atoms with Gasteiger partial charge in [0.2, 0.25) is 0 Å². The molecule has 7 heavy (non-hydrogen) atoms. The molecule has 0 saturated heterocycles. The van der Waals surface area contributed by atoms with Crippen LogP contribution in [0.5, 0.6) is 0 Å². The summed E-state index contributed by atoms with van der Waals surface area (Å²) in [6.45, 7) is 3.87. The van der Waals surface area contributed by atoms with Gasteiger partial charge in [0.1, 0.15) is 0 Å². The van der Waals surface area contributed by atoms with Crippen LogP contribution in [-0.2, 0) is 4.74 Å². The van der Waals surface area contributed by atoms with Crippen LogP contribution in [0.2, 0.25) is 0 Å². The van der Waals surface area contributed by atoms with Crippen LogP contribution >= 0.6 is 0 Å². The van der Waals surface area contributed by atoms with Crippen LogP contribution in [0.1, 0.15) is 13.8 Å². The number of methoxy groups -OCH3 is 1. The van der Waals surface area contributed by atoms with E-state index >= 15 is 0 Å². The summed E-state index contributed by atoms with van der Waals surface area (Å²) in [6.07, 6.45) is 0.181. The lowest BCUT2D eigenvalue weighted by Crippen LogP contribution is -2.30. The molecule has 0 rings (SSSR count). The maximum absolute atomic E-state index is 5.42. The summed E-state index contributed by atoms with van der Waals surface area (Å²) in [5, 5.41) is 0. The molecule has 0 aliphatic carbocycles. The van der Waals surface area contributed by atoms with Crippen molar-refractivity contribution in [3.8, 4) is 0 Å². The summed E-state index contributed by atoms with van der Waals surface area (Å²) in [4.78, 5) is 0. The van der Waals surface area contributed by atoms with E-state index in [0.717, 1.165) is 0 Å². The molecule has 0 aromatic carbocycles. The minimum Gasteiger partial charge on any atom is -0.380 e. The predicted octanol–water partition coefficient (Wildman–Crippen LogP) is 0.368. The molecule has 0 aromatic rings. The van der Waals surface area contributed by atoms with E-state index < -0.39 is 0 Å². The summed E-state index contributed by atoms with van der Waals surface area (Å²) in [7, 11) is 1.66. The van der Waals surface area contributed by atoms with Crippen LogP contribution in [0, 0.1) is 0 Å². The third-order valence-corrected chi connectivity index (χ3v) is 1.11. The van der Waals surface area contributed by atoms with Gasteiger partial charge in [0.05, 0.1) is 6.10 Å². The van der Waals surface area contributed by atoms with E-state index in [0.29, 0.717) is 0 Å². The summed E-state index contributed by atoms with van der Waals surface area (Å²) in [5.74, 6) is 0. The van der Waals surface area contributed by atoms with Crippen LogP contribution in [-0.4, -0.2) is 19.3 Å². The Morgan fingerprint density at radius 3 is 1.86 bits per heavy atom. The second kappa shape index (κ2) is 2.99. The Bertz CT molecular complexity index is 45.3. The standard InChI is InChI=1S/C5H13NO/c1-4(6)5(2)7-3/h4-5H,6H2,1-3H3/t4-,5?/m1/s1. The second-order valence-electron chi connectivity index (χ2n) is 1.80. The maximum atomic E-state index is 5.42. The van der Waals surface area contributed by atoms with Gasteiger partial charge in [0.25, 0.3) is 0 Å². The van der Waals surface area contributed by atoms with Gasteiger partial charge in [-0.15, -0.1) is 0 Å². The average Bonchev–Trinajstić information content (AvgIpc) is 1.65. The molecule has 2 heteroatoms. The summed E-state index contributed by atoms with van der Waals surface area (Å²) < 4.78 is 4.89. The molecule has 44 valence electrons. The Kier molecular flexibility index (Phi) is 2.96. The number of nitrogens with two attached hydrogens (primary N) is 1. The van der Waals surface area contributed by atoms with Crippen molar-refractivity contribution in [1.29, 1.82) is 0 Å². The van der Waals surface area contributed by atoms with Crippen molar-refractivity contribution in [1.82, 2.24) is 0 Å². The molecule has 0 heterocycles. The van der Waals surface area contributed by atoms with Crippen molar-refractivity contribution in [2.45, 2.75) is 26.0 Å². The van der Waals surface area contributed by atoms with Gasteiger partial charge in [-0.25, -0.2) is 0 Å². The van der Waals surface area contributed by atoms with Crippen molar-refractivity contribution < 1.29 is 4.74 Å². The zero-order valence-electron chi connectivity index (χ0n) is 5.14. The van der Waals surface area contributed by atoms with Gasteiger partial charge < -0.3 is 10.5 Å². The molecular formula is C5H13NO. The summed E-state index contributed by atoms with van der Waals surface area (Å²) >= 11 is 0. The van der Waals surface area contributed by atoms with Crippen LogP contribution in [0.15, 0.2) is 0 Å². The first kappa shape index (κ1) is 6.92.